The monoisotopic (exact) mass is 243 g/mol. The van der Waals surface area contributed by atoms with Gasteiger partial charge in [0.2, 0.25) is 0 Å². The average molecular weight is 243 g/mol. The van der Waals surface area contributed by atoms with Crippen LogP contribution in [0.5, 0.6) is 0 Å². The Morgan fingerprint density at radius 3 is 2.65 bits per heavy atom. The molecular weight excluding hydrogens is 235 g/mol. The Bertz CT molecular complexity index is 618. The zero-order valence-electron chi connectivity index (χ0n) is 8.51. The van der Waals surface area contributed by atoms with Crippen molar-refractivity contribution in [3.05, 3.63) is 39.9 Å². The average Bonchev–Trinajstić information content (AvgIpc) is 2.27. The van der Waals surface area contributed by atoms with Gasteiger partial charge in [-0.15, -0.1) is 0 Å². The Morgan fingerprint density at radius 1 is 1.35 bits per heavy atom. The number of rotatable bonds is 1. The van der Waals surface area contributed by atoms with Crippen molar-refractivity contribution in [1.82, 2.24) is 9.97 Å². The molecule has 90 valence electrons. The summed E-state index contributed by atoms with van der Waals surface area (Å²) >= 11 is 0. The Hall–Kier alpha value is -1.89. The van der Waals surface area contributed by atoms with E-state index in [4.69, 9.17) is 5.73 Å². The van der Waals surface area contributed by atoms with Crippen molar-refractivity contribution in [2.45, 2.75) is 12.7 Å². The molecule has 0 saturated heterocycles. The van der Waals surface area contributed by atoms with Gasteiger partial charge in [-0.05, 0) is 18.2 Å². The van der Waals surface area contributed by atoms with E-state index in [2.05, 4.69) is 9.97 Å². The Labute approximate surface area is 93.3 Å². The van der Waals surface area contributed by atoms with Gasteiger partial charge < -0.3 is 10.7 Å². The zero-order chi connectivity index (χ0) is 12.6. The molecule has 17 heavy (non-hydrogen) atoms. The molecule has 2 aromatic rings. The smallest absolute Gasteiger partial charge is 0.324 e. The first-order chi connectivity index (χ1) is 7.91. The molecule has 0 saturated carbocycles. The van der Waals surface area contributed by atoms with Crippen LogP contribution in [0.3, 0.4) is 0 Å². The first kappa shape index (κ1) is 11.6. The summed E-state index contributed by atoms with van der Waals surface area (Å²) < 4.78 is 37.3. The van der Waals surface area contributed by atoms with Crippen molar-refractivity contribution >= 4 is 10.9 Å². The fraction of sp³-hybridized carbons (Fsp3) is 0.200. The van der Waals surface area contributed by atoms with E-state index in [9.17, 15) is 18.0 Å². The molecule has 3 N–H and O–H groups in total. The van der Waals surface area contributed by atoms with E-state index in [-0.39, 0.29) is 23.3 Å². The first-order valence-electron chi connectivity index (χ1n) is 4.72. The third kappa shape index (κ3) is 2.14. The van der Waals surface area contributed by atoms with E-state index in [1.165, 1.54) is 0 Å². The quantitative estimate of drug-likeness (QED) is 0.795. The molecule has 0 atom stereocenters. The number of benzene rings is 1. The largest absolute Gasteiger partial charge is 0.416 e. The lowest BCUT2D eigenvalue weighted by atomic mass is 10.1. The molecule has 0 fully saturated rings. The van der Waals surface area contributed by atoms with Gasteiger partial charge in [-0.1, -0.05) is 0 Å². The van der Waals surface area contributed by atoms with E-state index in [1.807, 2.05) is 0 Å². The minimum Gasteiger partial charge on any atom is -0.324 e. The molecule has 1 aromatic carbocycles. The van der Waals surface area contributed by atoms with Crippen LogP contribution in [-0.2, 0) is 12.7 Å². The van der Waals surface area contributed by atoms with E-state index < -0.39 is 17.3 Å². The van der Waals surface area contributed by atoms with Gasteiger partial charge in [-0.3, -0.25) is 4.79 Å². The summed E-state index contributed by atoms with van der Waals surface area (Å²) in [5.74, 6) is 0.238. The molecule has 0 aliphatic heterocycles. The van der Waals surface area contributed by atoms with Crippen molar-refractivity contribution in [3.8, 4) is 0 Å². The van der Waals surface area contributed by atoms with Crippen molar-refractivity contribution in [1.29, 1.82) is 0 Å². The Morgan fingerprint density at radius 2 is 2.06 bits per heavy atom. The minimum absolute atomic E-state index is 0.0200. The molecule has 1 heterocycles. The predicted octanol–water partition coefficient (Wildman–Crippen LogP) is 1.40. The summed E-state index contributed by atoms with van der Waals surface area (Å²) in [4.78, 5) is 17.8. The molecule has 0 amide bonds. The molecule has 0 bridgehead atoms. The van der Waals surface area contributed by atoms with Gasteiger partial charge in [0, 0.05) is 0 Å². The number of halogens is 3. The number of alkyl halides is 3. The van der Waals surface area contributed by atoms with Crippen molar-refractivity contribution in [3.63, 3.8) is 0 Å². The highest BCUT2D eigenvalue weighted by atomic mass is 19.4. The van der Waals surface area contributed by atoms with Crippen LogP contribution in [0.4, 0.5) is 13.2 Å². The van der Waals surface area contributed by atoms with Gasteiger partial charge in [0.05, 0.1) is 23.0 Å². The Kier molecular flexibility index (Phi) is 2.62. The normalized spacial score (nSPS) is 12.0. The fourth-order valence-electron chi connectivity index (χ4n) is 1.46. The standard InChI is InChI=1S/C10H8F3N3O/c11-10(12,13)5-1-2-7-6(3-5)9(17)16-8(4-14)15-7/h1-3H,4,14H2,(H,15,16,17). The van der Waals surface area contributed by atoms with Gasteiger partial charge in [0.1, 0.15) is 5.82 Å². The second kappa shape index (κ2) is 3.85. The lowest BCUT2D eigenvalue weighted by Crippen LogP contribution is -2.15. The molecular formula is C10H8F3N3O. The number of hydrogen-bond donors (Lipinski definition) is 2. The molecule has 0 radical (unpaired) electrons. The van der Waals surface area contributed by atoms with Gasteiger partial charge in [-0.2, -0.15) is 13.2 Å². The molecule has 4 nitrogen and oxygen atoms in total. The molecule has 7 heteroatoms. The first-order valence-corrected chi connectivity index (χ1v) is 4.72. The van der Waals surface area contributed by atoms with E-state index in [1.54, 1.807) is 0 Å². The van der Waals surface area contributed by atoms with Crippen LogP contribution >= 0.6 is 0 Å². The number of nitrogens with zero attached hydrogens (tertiary/aromatic N) is 1. The Balaban J connectivity index is 2.71. The maximum Gasteiger partial charge on any atom is 0.416 e. The number of aromatic amines is 1. The van der Waals surface area contributed by atoms with Crippen LogP contribution in [0.15, 0.2) is 23.0 Å². The fourth-order valence-corrected chi connectivity index (χ4v) is 1.46. The maximum absolute atomic E-state index is 12.4. The second-order valence-electron chi connectivity index (χ2n) is 3.45. The van der Waals surface area contributed by atoms with Crippen molar-refractivity contribution in [2.24, 2.45) is 5.73 Å². The van der Waals surface area contributed by atoms with Crippen molar-refractivity contribution in [2.75, 3.05) is 0 Å². The number of aromatic nitrogens is 2. The SMILES string of the molecule is NCc1nc2ccc(C(F)(F)F)cc2c(=O)[nH]1. The van der Waals surface area contributed by atoms with Crippen LogP contribution in [0.1, 0.15) is 11.4 Å². The van der Waals surface area contributed by atoms with Gasteiger partial charge in [-0.25, -0.2) is 4.98 Å². The summed E-state index contributed by atoms with van der Waals surface area (Å²) in [6.07, 6.45) is -4.48. The van der Waals surface area contributed by atoms with E-state index in [0.29, 0.717) is 0 Å². The molecule has 0 unspecified atom stereocenters. The summed E-state index contributed by atoms with van der Waals surface area (Å²) in [6.45, 7) is 0.0200. The minimum atomic E-state index is -4.48. The van der Waals surface area contributed by atoms with Gasteiger partial charge in [0.15, 0.2) is 0 Å². The zero-order valence-corrected chi connectivity index (χ0v) is 8.51. The highest BCUT2D eigenvalue weighted by molar-refractivity contribution is 5.78. The summed E-state index contributed by atoms with van der Waals surface area (Å²) in [7, 11) is 0. The number of nitrogens with two attached hydrogens (primary N) is 1. The molecule has 0 aliphatic rings. The number of hydrogen-bond acceptors (Lipinski definition) is 3. The third-order valence-corrected chi connectivity index (χ3v) is 2.28. The lowest BCUT2D eigenvalue weighted by molar-refractivity contribution is -0.137. The number of nitrogens with one attached hydrogen (secondary N) is 1. The van der Waals surface area contributed by atoms with Crippen molar-refractivity contribution < 1.29 is 13.2 Å². The predicted molar refractivity (Wildman–Crippen MR) is 55.3 cm³/mol. The number of H-pyrrole nitrogens is 1. The number of fused-ring (bicyclic) bond motifs is 1. The topological polar surface area (TPSA) is 71.8 Å². The van der Waals surface area contributed by atoms with Gasteiger partial charge in [0.25, 0.3) is 5.56 Å². The highest BCUT2D eigenvalue weighted by Crippen LogP contribution is 2.30. The summed E-state index contributed by atoms with van der Waals surface area (Å²) in [5.41, 5.74) is 3.99. The van der Waals surface area contributed by atoms with Crippen LogP contribution in [-0.4, -0.2) is 9.97 Å². The van der Waals surface area contributed by atoms with Gasteiger partial charge >= 0.3 is 6.18 Å². The lowest BCUT2D eigenvalue weighted by Gasteiger charge is -2.07. The van der Waals surface area contributed by atoms with E-state index >= 15 is 0 Å². The van der Waals surface area contributed by atoms with Crippen LogP contribution in [0.25, 0.3) is 10.9 Å². The van der Waals surface area contributed by atoms with Crippen LogP contribution in [0.2, 0.25) is 0 Å². The molecule has 0 spiro atoms. The molecule has 2 rings (SSSR count). The maximum atomic E-state index is 12.4. The highest BCUT2D eigenvalue weighted by Gasteiger charge is 2.30. The van der Waals surface area contributed by atoms with E-state index in [0.717, 1.165) is 18.2 Å². The van der Waals surface area contributed by atoms with Crippen LogP contribution in [0, 0.1) is 0 Å². The molecule has 0 aliphatic carbocycles. The second-order valence-corrected chi connectivity index (χ2v) is 3.45. The van der Waals surface area contributed by atoms with Crippen LogP contribution < -0.4 is 11.3 Å². The third-order valence-electron chi connectivity index (χ3n) is 2.28. The molecule has 1 aromatic heterocycles. The summed E-state index contributed by atoms with van der Waals surface area (Å²) in [5, 5.41) is -0.1000. The summed E-state index contributed by atoms with van der Waals surface area (Å²) in [6, 6.07) is 2.82.